The first-order chi connectivity index (χ1) is 7.72. The molecule has 0 aromatic rings. The summed E-state index contributed by atoms with van der Waals surface area (Å²) in [5.41, 5.74) is 0. The van der Waals surface area contributed by atoms with Crippen molar-refractivity contribution >= 4 is 0 Å². The third-order valence-electron chi connectivity index (χ3n) is 3.23. The molecule has 16 heavy (non-hydrogen) atoms. The van der Waals surface area contributed by atoms with Gasteiger partial charge in [-0.15, -0.1) is 0 Å². The van der Waals surface area contributed by atoms with Crippen molar-refractivity contribution in [3.05, 3.63) is 0 Å². The molecule has 0 heterocycles. The molecule has 96 valence electrons. The molecule has 0 aliphatic heterocycles. The second-order valence-electron chi connectivity index (χ2n) is 5.04. The number of ether oxygens (including phenoxy) is 2. The first-order valence-corrected chi connectivity index (χ1v) is 6.57. The van der Waals surface area contributed by atoms with E-state index in [1.165, 1.54) is 25.7 Å². The summed E-state index contributed by atoms with van der Waals surface area (Å²) in [6, 6.07) is 0. The lowest BCUT2D eigenvalue weighted by Crippen LogP contribution is -2.33. The molecule has 0 saturated heterocycles. The molecule has 0 bridgehead atoms. The fourth-order valence-electron chi connectivity index (χ4n) is 2.36. The van der Waals surface area contributed by atoms with Gasteiger partial charge in [-0.25, -0.2) is 0 Å². The molecule has 0 aromatic heterocycles. The summed E-state index contributed by atoms with van der Waals surface area (Å²) in [7, 11) is 1.73. The maximum Gasteiger partial charge on any atom is 0.0675 e. The van der Waals surface area contributed by atoms with Crippen LogP contribution in [0.1, 0.15) is 39.5 Å². The number of rotatable bonds is 7. The molecule has 0 amide bonds. The summed E-state index contributed by atoms with van der Waals surface area (Å²) < 4.78 is 11.0. The molecule has 3 unspecified atom stereocenters. The molecule has 1 fully saturated rings. The van der Waals surface area contributed by atoms with Crippen LogP contribution in [0.15, 0.2) is 0 Å². The van der Waals surface area contributed by atoms with E-state index in [9.17, 15) is 0 Å². The van der Waals surface area contributed by atoms with Crippen LogP contribution in [0.3, 0.4) is 0 Å². The average molecular weight is 229 g/mol. The SMILES string of the molecule is COCCNCC(C)OC1CCCC(C)C1. The predicted octanol–water partition coefficient (Wildman–Crippen LogP) is 2.21. The van der Waals surface area contributed by atoms with E-state index in [1.807, 2.05) is 0 Å². The van der Waals surface area contributed by atoms with E-state index in [1.54, 1.807) is 7.11 Å². The van der Waals surface area contributed by atoms with Crippen molar-refractivity contribution < 1.29 is 9.47 Å². The van der Waals surface area contributed by atoms with Crippen LogP contribution in [0.5, 0.6) is 0 Å². The Balaban J connectivity index is 2.06. The fourth-order valence-corrected chi connectivity index (χ4v) is 2.36. The molecular weight excluding hydrogens is 202 g/mol. The summed E-state index contributed by atoms with van der Waals surface area (Å²) in [6.45, 7) is 7.09. The van der Waals surface area contributed by atoms with Crippen LogP contribution >= 0.6 is 0 Å². The molecule has 1 N–H and O–H groups in total. The summed E-state index contributed by atoms with van der Waals surface area (Å²) >= 11 is 0. The van der Waals surface area contributed by atoms with Crippen molar-refractivity contribution in [2.45, 2.75) is 51.7 Å². The molecule has 1 aliphatic rings. The highest BCUT2D eigenvalue weighted by molar-refractivity contribution is 4.72. The van der Waals surface area contributed by atoms with Crippen LogP contribution in [0.4, 0.5) is 0 Å². The standard InChI is InChI=1S/C13H27NO2/c1-11-5-4-6-13(9-11)16-12(2)10-14-7-8-15-3/h11-14H,4-10H2,1-3H3. The predicted molar refractivity (Wildman–Crippen MR) is 66.7 cm³/mol. The van der Waals surface area contributed by atoms with Gasteiger partial charge in [-0.2, -0.15) is 0 Å². The molecule has 1 rings (SSSR count). The molecule has 1 saturated carbocycles. The lowest BCUT2D eigenvalue weighted by molar-refractivity contribution is -0.0295. The van der Waals surface area contributed by atoms with Gasteiger partial charge < -0.3 is 14.8 Å². The van der Waals surface area contributed by atoms with Gasteiger partial charge in [0.25, 0.3) is 0 Å². The van der Waals surface area contributed by atoms with E-state index in [2.05, 4.69) is 19.2 Å². The van der Waals surface area contributed by atoms with Crippen molar-refractivity contribution in [2.24, 2.45) is 5.92 Å². The van der Waals surface area contributed by atoms with E-state index in [0.29, 0.717) is 12.2 Å². The Hall–Kier alpha value is -0.120. The van der Waals surface area contributed by atoms with Crippen LogP contribution < -0.4 is 5.32 Å². The largest absolute Gasteiger partial charge is 0.383 e. The van der Waals surface area contributed by atoms with E-state index in [-0.39, 0.29) is 0 Å². The lowest BCUT2D eigenvalue weighted by Gasteiger charge is -2.29. The van der Waals surface area contributed by atoms with E-state index in [0.717, 1.165) is 25.6 Å². The van der Waals surface area contributed by atoms with E-state index >= 15 is 0 Å². The Kier molecular flexibility index (Phi) is 7.01. The minimum atomic E-state index is 0.312. The zero-order chi connectivity index (χ0) is 11.8. The summed E-state index contributed by atoms with van der Waals surface area (Å²) in [4.78, 5) is 0. The highest BCUT2D eigenvalue weighted by atomic mass is 16.5. The van der Waals surface area contributed by atoms with E-state index < -0.39 is 0 Å². The maximum absolute atomic E-state index is 6.04. The van der Waals surface area contributed by atoms with Gasteiger partial charge in [0, 0.05) is 20.2 Å². The van der Waals surface area contributed by atoms with Gasteiger partial charge in [-0.1, -0.05) is 19.8 Å². The third kappa shape index (κ3) is 5.83. The number of hydrogen-bond acceptors (Lipinski definition) is 3. The van der Waals surface area contributed by atoms with Crippen LogP contribution in [0.2, 0.25) is 0 Å². The molecule has 0 spiro atoms. The Bertz CT molecular complexity index is 175. The van der Waals surface area contributed by atoms with Gasteiger partial charge in [0.1, 0.15) is 0 Å². The second kappa shape index (κ2) is 8.04. The van der Waals surface area contributed by atoms with Crippen molar-refractivity contribution in [3.8, 4) is 0 Å². The summed E-state index contributed by atoms with van der Waals surface area (Å²) in [5, 5.41) is 3.34. The van der Waals surface area contributed by atoms with Crippen molar-refractivity contribution in [1.82, 2.24) is 5.32 Å². The van der Waals surface area contributed by atoms with Crippen LogP contribution in [0.25, 0.3) is 0 Å². The van der Waals surface area contributed by atoms with Gasteiger partial charge in [0.05, 0.1) is 18.8 Å². The number of hydrogen-bond donors (Lipinski definition) is 1. The normalized spacial score (nSPS) is 27.9. The van der Waals surface area contributed by atoms with Gasteiger partial charge in [0.2, 0.25) is 0 Å². The minimum absolute atomic E-state index is 0.312. The molecular formula is C13H27NO2. The molecule has 0 radical (unpaired) electrons. The van der Waals surface area contributed by atoms with Crippen molar-refractivity contribution in [2.75, 3.05) is 26.8 Å². The fraction of sp³-hybridized carbons (Fsp3) is 1.00. The zero-order valence-electron chi connectivity index (χ0n) is 11.0. The number of methoxy groups -OCH3 is 1. The zero-order valence-corrected chi connectivity index (χ0v) is 11.0. The minimum Gasteiger partial charge on any atom is -0.383 e. The Morgan fingerprint density at radius 2 is 2.19 bits per heavy atom. The molecule has 3 heteroatoms. The first kappa shape index (κ1) is 13.9. The molecule has 3 nitrogen and oxygen atoms in total. The Morgan fingerprint density at radius 3 is 2.88 bits per heavy atom. The monoisotopic (exact) mass is 229 g/mol. The smallest absolute Gasteiger partial charge is 0.0675 e. The Morgan fingerprint density at radius 1 is 1.38 bits per heavy atom. The van der Waals surface area contributed by atoms with Crippen LogP contribution in [-0.4, -0.2) is 39.0 Å². The van der Waals surface area contributed by atoms with Gasteiger partial charge in [-0.05, 0) is 25.7 Å². The Labute approximate surface area is 99.9 Å². The van der Waals surface area contributed by atoms with Crippen LogP contribution in [0, 0.1) is 5.92 Å². The topological polar surface area (TPSA) is 30.5 Å². The quantitative estimate of drug-likeness (QED) is 0.679. The molecule has 0 aromatic carbocycles. The maximum atomic E-state index is 6.04. The van der Waals surface area contributed by atoms with Gasteiger partial charge >= 0.3 is 0 Å². The second-order valence-corrected chi connectivity index (χ2v) is 5.04. The highest BCUT2D eigenvalue weighted by Gasteiger charge is 2.20. The summed E-state index contributed by atoms with van der Waals surface area (Å²) in [6.07, 6.45) is 5.99. The van der Waals surface area contributed by atoms with E-state index in [4.69, 9.17) is 9.47 Å². The van der Waals surface area contributed by atoms with Crippen molar-refractivity contribution in [1.29, 1.82) is 0 Å². The van der Waals surface area contributed by atoms with Gasteiger partial charge in [0.15, 0.2) is 0 Å². The lowest BCUT2D eigenvalue weighted by atomic mass is 9.88. The van der Waals surface area contributed by atoms with Crippen LogP contribution in [-0.2, 0) is 9.47 Å². The molecule has 1 aliphatic carbocycles. The number of nitrogens with one attached hydrogen (secondary N) is 1. The van der Waals surface area contributed by atoms with Gasteiger partial charge in [-0.3, -0.25) is 0 Å². The third-order valence-corrected chi connectivity index (χ3v) is 3.23. The first-order valence-electron chi connectivity index (χ1n) is 6.57. The summed E-state index contributed by atoms with van der Waals surface area (Å²) in [5.74, 6) is 0.840. The average Bonchev–Trinajstić information content (AvgIpc) is 2.24. The van der Waals surface area contributed by atoms with Crippen molar-refractivity contribution in [3.63, 3.8) is 0 Å². The highest BCUT2D eigenvalue weighted by Crippen LogP contribution is 2.26. The molecule has 3 atom stereocenters.